The van der Waals surface area contributed by atoms with Crippen molar-refractivity contribution in [1.29, 1.82) is 0 Å². The number of hydrogen-bond donors (Lipinski definition) is 1. The fraction of sp³-hybridized carbons (Fsp3) is 0.429. The second-order valence-electron chi connectivity index (χ2n) is 7.70. The second-order valence-corrected chi connectivity index (χ2v) is 7.70. The molecule has 4 rings (SSSR count). The largest absolute Gasteiger partial charge is 0.355 e. The van der Waals surface area contributed by atoms with Crippen LogP contribution in [0.25, 0.3) is 11.1 Å². The third kappa shape index (κ3) is 3.56. The Hall–Kier alpha value is -2.96. The van der Waals surface area contributed by atoms with Crippen LogP contribution in [-0.4, -0.2) is 34.1 Å². The number of aromatic nitrogens is 3. The monoisotopic (exact) mass is 379 g/mol. The molecule has 28 heavy (non-hydrogen) atoms. The number of piperidine rings is 1. The number of carbonyl (C=O) groups excluding carboxylic acids is 1. The molecule has 1 aliphatic heterocycles. The summed E-state index contributed by atoms with van der Waals surface area (Å²) in [7, 11) is 0. The van der Waals surface area contributed by atoms with E-state index in [0.29, 0.717) is 18.2 Å². The van der Waals surface area contributed by atoms with E-state index in [1.807, 2.05) is 19.1 Å². The third-order valence-corrected chi connectivity index (χ3v) is 5.36. The number of aryl methyl sites for hydroxylation is 1. The van der Waals surface area contributed by atoms with Gasteiger partial charge in [-0.1, -0.05) is 31.1 Å². The zero-order chi connectivity index (χ0) is 19.7. The average Bonchev–Trinajstić information content (AvgIpc) is 3.10. The summed E-state index contributed by atoms with van der Waals surface area (Å²) in [4.78, 5) is 23.6. The molecule has 3 heterocycles. The van der Waals surface area contributed by atoms with E-state index in [2.05, 4.69) is 51.3 Å². The van der Waals surface area contributed by atoms with E-state index in [9.17, 15) is 4.79 Å². The van der Waals surface area contributed by atoms with Gasteiger partial charge in [-0.2, -0.15) is 4.98 Å². The maximum atomic E-state index is 12.8. The lowest BCUT2D eigenvalue weighted by Crippen LogP contribution is -2.41. The van der Waals surface area contributed by atoms with E-state index in [4.69, 9.17) is 4.52 Å². The van der Waals surface area contributed by atoms with Crippen LogP contribution in [0.3, 0.4) is 0 Å². The van der Waals surface area contributed by atoms with Gasteiger partial charge in [-0.3, -0.25) is 4.79 Å². The number of hydrogen-bond acceptors (Lipinski definition) is 6. The molecular formula is C21H25N5O2. The molecule has 1 saturated heterocycles. The molecule has 1 amide bonds. The molecule has 7 nitrogen and oxygen atoms in total. The van der Waals surface area contributed by atoms with Crippen molar-refractivity contribution in [3.63, 3.8) is 0 Å². The zero-order valence-electron chi connectivity index (χ0n) is 16.5. The van der Waals surface area contributed by atoms with Gasteiger partial charge in [0.15, 0.2) is 0 Å². The normalized spacial score (nSPS) is 17.3. The van der Waals surface area contributed by atoms with Crippen LogP contribution in [0.1, 0.15) is 43.9 Å². The molecule has 3 aromatic rings. The van der Waals surface area contributed by atoms with Crippen molar-refractivity contribution in [1.82, 2.24) is 15.1 Å². The van der Waals surface area contributed by atoms with Gasteiger partial charge in [-0.05, 0) is 43.4 Å². The van der Waals surface area contributed by atoms with E-state index in [1.165, 1.54) is 11.9 Å². The van der Waals surface area contributed by atoms with Gasteiger partial charge in [0, 0.05) is 18.8 Å². The van der Waals surface area contributed by atoms with E-state index in [0.717, 1.165) is 42.0 Å². The van der Waals surface area contributed by atoms with Gasteiger partial charge >= 0.3 is 0 Å². The summed E-state index contributed by atoms with van der Waals surface area (Å²) in [5.41, 5.74) is 3.35. The summed E-state index contributed by atoms with van der Waals surface area (Å²) in [5, 5.41) is 7.89. The minimum atomic E-state index is -0.0938. The van der Waals surface area contributed by atoms with Crippen LogP contribution in [0.5, 0.6) is 0 Å². The van der Waals surface area contributed by atoms with Crippen LogP contribution in [0, 0.1) is 12.8 Å². The fourth-order valence-electron chi connectivity index (χ4n) is 3.72. The summed E-state index contributed by atoms with van der Waals surface area (Å²) in [6.07, 6.45) is 3.28. The number of carbonyl (C=O) groups is 1. The average molecular weight is 379 g/mol. The van der Waals surface area contributed by atoms with Crippen molar-refractivity contribution in [2.75, 3.05) is 23.3 Å². The van der Waals surface area contributed by atoms with Crippen molar-refractivity contribution >= 4 is 28.5 Å². The molecule has 0 spiro atoms. The maximum absolute atomic E-state index is 12.8. The third-order valence-electron chi connectivity index (χ3n) is 5.36. The smallest absolute Gasteiger partial charge is 0.263 e. The Kier molecular flexibility index (Phi) is 4.98. The lowest BCUT2D eigenvalue weighted by atomic mass is 9.96. The van der Waals surface area contributed by atoms with Crippen molar-refractivity contribution in [3.8, 4) is 0 Å². The zero-order valence-corrected chi connectivity index (χ0v) is 16.5. The molecule has 146 valence electrons. The van der Waals surface area contributed by atoms with Crippen LogP contribution in [0.2, 0.25) is 0 Å². The second kappa shape index (κ2) is 7.58. The molecule has 7 heteroatoms. The first-order valence-electron chi connectivity index (χ1n) is 9.75. The van der Waals surface area contributed by atoms with Crippen LogP contribution in [0.15, 0.2) is 35.1 Å². The molecule has 0 saturated carbocycles. The highest BCUT2D eigenvalue weighted by molar-refractivity contribution is 5.93. The Morgan fingerprint density at radius 3 is 2.79 bits per heavy atom. The Morgan fingerprint density at radius 1 is 1.25 bits per heavy atom. The number of anilines is 2. The predicted molar refractivity (Wildman–Crippen MR) is 108 cm³/mol. The summed E-state index contributed by atoms with van der Waals surface area (Å²) in [6, 6.07) is 8.09. The summed E-state index contributed by atoms with van der Waals surface area (Å²) < 4.78 is 5.25. The summed E-state index contributed by atoms with van der Waals surface area (Å²) >= 11 is 0. The number of benzene rings is 1. The lowest BCUT2D eigenvalue weighted by Gasteiger charge is -2.33. The quantitative estimate of drug-likeness (QED) is 0.740. The number of nitrogens with one attached hydrogen (secondary N) is 1. The van der Waals surface area contributed by atoms with Gasteiger partial charge < -0.3 is 14.7 Å². The molecule has 1 atom stereocenters. The van der Waals surface area contributed by atoms with E-state index in [-0.39, 0.29) is 11.8 Å². The Morgan fingerprint density at radius 2 is 2.04 bits per heavy atom. The summed E-state index contributed by atoms with van der Waals surface area (Å²) in [5.74, 6) is 1.22. The Balaban J connectivity index is 1.48. The predicted octanol–water partition coefficient (Wildman–Crippen LogP) is 3.90. The number of nitrogens with zero attached hydrogens (tertiary/aromatic N) is 4. The van der Waals surface area contributed by atoms with Gasteiger partial charge in [-0.15, -0.1) is 0 Å². The topological polar surface area (TPSA) is 84.2 Å². The van der Waals surface area contributed by atoms with E-state index in [1.54, 1.807) is 0 Å². The van der Waals surface area contributed by atoms with Crippen molar-refractivity contribution in [2.45, 2.75) is 39.5 Å². The number of fused-ring (bicyclic) bond motifs is 1. The van der Waals surface area contributed by atoms with Crippen LogP contribution in [-0.2, 0) is 4.79 Å². The minimum absolute atomic E-state index is 0.0503. The standard InChI is InChI=1S/C21H25N5O2/c1-13(2)15-6-8-17(9-7-15)24-20(27)16-5-4-10-26(11-16)19-18-14(3)25-28-21(18)23-12-22-19/h6-9,12-13,16H,4-5,10-11H2,1-3H3,(H,24,27)/t16-/m0/s1. The number of rotatable bonds is 4. The molecule has 0 bridgehead atoms. The first kappa shape index (κ1) is 18.4. The maximum Gasteiger partial charge on any atom is 0.263 e. The molecule has 1 aromatic carbocycles. The SMILES string of the molecule is Cc1noc2ncnc(N3CCC[C@H](C(=O)Nc4ccc(C(C)C)cc4)C3)c12. The van der Waals surface area contributed by atoms with Crippen LogP contribution in [0.4, 0.5) is 11.5 Å². The number of amides is 1. The highest BCUT2D eigenvalue weighted by Crippen LogP contribution is 2.30. The van der Waals surface area contributed by atoms with Gasteiger partial charge in [0.05, 0.1) is 11.6 Å². The van der Waals surface area contributed by atoms with Crippen LogP contribution >= 0.6 is 0 Å². The van der Waals surface area contributed by atoms with Crippen molar-refractivity contribution in [3.05, 3.63) is 41.9 Å². The van der Waals surface area contributed by atoms with Crippen LogP contribution < -0.4 is 10.2 Å². The Bertz CT molecular complexity index is 980. The minimum Gasteiger partial charge on any atom is -0.355 e. The molecule has 0 unspecified atom stereocenters. The van der Waals surface area contributed by atoms with Gasteiger partial charge in [0.25, 0.3) is 5.71 Å². The van der Waals surface area contributed by atoms with Crippen molar-refractivity contribution < 1.29 is 9.32 Å². The highest BCUT2D eigenvalue weighted by Gasteiger charge is 2.28. The van der Waals surface area contributed by atoms with E-state index < -0.39 is 0 Å². The molecule has 1 N–H and O–H groups in total. The molecule has 0 aliphatic carbocycles. The van der Waals surface area contributed by atoms with Gasteiger partial charge in [-0.25, -0.2) is 4.98 Å². The molecule has 1 fully saturated rings. The fourth-order valence-corrected chi connectivity index (χ4v) is 3.72. The molecular weight excluding hydrogens is 354 g/mol. The van der Waals surface area contributed by atoms with Crippen molar-refractivity contribution in [2.24, 2.45) is 5.92 Å². The molecule has 1 aliphatic rings. The molecule has 0 radical (unpaired) electrons. The first-order chi connectivity index (χ1) is 13.5. The van der Waals surface area contributed by atoms with Gasteiger partial charge in [0.2, 0.25) is 5.91 Å². The first-order valence-corrected chi connectivity index (χ1v) is 9.75. The summed E-state index contributed by atoms with van der Waals surface area (Å²) in [6.45, 7) is 7.67. The highest BCUT2D eigenvalue weighted by atomic mass is 16.5. The lowest BCUT2D eigenvalue weighted by molar-refractivity contribution is -0.120. The van der Waals surface area contributed by atoms with Gasteiger partial charge in [0.1, 0.15) is 17.5 Å². The van der Waals surface area contributed by atoms with E-state index >= 15 is 0 Å². The Labute approximate surface area is 164 Å². The molecule has 2 aromatic heterocycles.